The number of carbonyl (C=O) groups is 4. The van der Waals surface area contributed by atoms with Crippen molar-refractivity contribution < 1.29 is 37.9 Å². The minimum Gasteiger partial charge on any atom is -0.493 e. The van der Waals surface area contributed by atoms with Gasteiger partial charge in [0.1, 0.15) is 5.76 Å². The molecule has 1 saturated carbocycles. The number of carbonyl (C=O) groups excluding carboxylic acids is 4. The van der Waals surface area contributed by atoms with Crippen molar-refractivity contribution in [3.05, 3.63) is 41.3 Å². The first kappa shape index (κ1) is 32.8. The Morgan fingerprint density at radius 3 is 2.66 bits per heavy atom. The van der Waals surface area contributed by atoms with Crippen LogP contribution in [0.4, 0.5) is 0 Å². The van der Waals surface area contributed by atoms with Crippen LogP contribution in [-0.4, -0.2) is 80.3 Å². The van der Waals surface area contributed by atoms with E-state index in [1.54, 1.807) is 30.0 Å². The molecule has 2 bridgehead atoms. The fourth-order valence-electron chi connectivity index (χ4n) is 5.49. The van der Waals surface area contributed by atoms with Gasteiger partial charge < -0.3 is 34.3 Å². The molecular weight excluding hydrogens is 568 g/mol. The average molecular weight is 613 g/mol. The largest absolute Gasteiger partial charge is 0.493 e. The first-order valence-corrected chi connectivity index (χ1v) is 15.5. The highest BCUT2D eigenvalue weighted by Crippen LogP contribution is 2.43. The minimum absolute atomic E-state index is 0.119. The van der Waals surface area contributed by atoms with Crippen LogP contribution < -0.4 is 20.1 Å². The van der Waals surface area contributed by atoms with Crippen LogP contribution in [0.1, 0.15) is 74.2 Å². The number of ether oxygens (including phenoxy) is 3. The van der Waals surface area contributed by atoms with Crippen molar-refractivity contribution in [3.8, 4) is 11.5 Å². The quantitative estimate of drug-likeness (QED) is 0.429. The third kappa shape index (κ3) is 8.96. The van der Waals surface area contributed by atoms with Gasteiger partial charge in [-0.2, -0.15) is 0 Å². The van der Waals surface area contributed by atoms with Crippen LogP contribution in [0, 0.1) is 11.3 Å². The van der Waals surface area contributed by atoms with Crippen LogP contribution in [0.15, 0.2) is 28.8 Å². The molecule has 240 valence electrons. The Kier molecular flexibility index (Phi) is 11.6. The Labute approximate surface area is 258 Å². The average Bonchev–Trinajstić information content (AvgIpc) is 3.70. The van der Waals surface area contributed by atoms with E-state index in [-0.39, 0.29) is 75.2 Å². The van der Waals surface area contributed by atoms with Crippen molar-refractivity contribution >= 4 is 23.7 Å². The molecule has 2 heterocycles. The predicted octanol–water partition coefficient (Wildman–Crippen LogP) is 3.08. The number of rotatable bonds is 8. The molecule has 1 aliphatic heterocycles. The van der Waals surface area contributed by atoms with E-state index in [0.717, 1.165) is 24.8 Å². The lowest BCUT2D eigenvalue weighted by Crippen LogP contribution is -2.46. The van der Waals surface area contributed by atoms with Gasteiger partial charge >= 0.3 is 5.97 Å². The number of esters is 1. The van der Waals surface area contributed by atoms with Gasteiger partial charge in [0.15, 0.2) is 23.8 Å². The first-order valence-electron chi connectivity index (χ1n) is 15.5. The van der Waals surface area contributed by atoms with Crippen molar-refractivity contribution in [1.82, 2.24) is 20.7 Å². The van der Waals surface area contributed by atoms with Gasteiger partial charge in [0.25, 0.3) is 11.8 Å². The summed E-state index contributed by atoms with van der Waals surface area (Å²) < 4.78 is 22.2. The molecule has 4 rings (SSSR count). The van der Waals surface area contributed by atoms with E-state index in [1.165, 1.54) is 7.11 Å². The second-order valence-corrected chi connectivity index (χ2v) is 11.5. The highest BCUT2D eigenvalue weighted by atomic mass is 16.5. The lowest BCUT2D eigenvalue weighted by atomic mass is 9.76. The van der Waals surface area contributed by atoms with Crippen LogP contribution in [0.25, 0.3) is 0 Å². The van der Waals surface area contributed by atoms with E-state index in [9.17, 15) is 19.2 Å². The number of hydrogen-bond donors (Lipinski definition) is 2. The summed E-state index contributed by atoms with van der Waals surface area (Å²) in [7, 11) is 1.51. The van der Waals surface area contributed by atoms with E-state index in [4.69, 9.17) is 18.7 Å². The summed E-state index contributed by atoms with van der Waals surface area (Å²) in [6, 6.07) is 7.00. The zero-order valence-corrected chi connectivity index (χ0v) is 25.9. The Balaban J connectivity index is 1.58. The molecule has 0 spiro atoms. The lowest BCUT2D eigenvalue weighted by Gasteiger charge is -2.32. The molecule has 2 N–H and O–H groups in total. The van der Waals surface area contributed by atoms with Crippen molar-refractivity contribution in [2.75, 3.05) is 46.5 Å². The number of methoxy groups -OCH3 is 1. The Morgan fingerprint density at radius 1 is 1.11 bits per heavy atom. The second kappa shape index (κ2) is 15.6. The Bertz CT molecular complexity index is 1310. The standard InChI is InChI=1S/C32H44N4O8/c1-4-7-24-17-25(35-44-24)30(39)36-14-6-8-28(37)34-21-32(18-22-9-10-22,31(40)42-5-2)19-23-11-12-26(41-3)27(16-23)43-20-29(38)33-13-15-36/h11-12,16-17,22H,4-10,13-15,18-21H2,1-3H3,(H,33,38)(H,34,37). The maximum Gasteiger partial charge on any atom is 0.314 e. The van der Waals surface area contributed by atoms with Crippen LogP contribution in [-0.2, 0) is 32.0 Å². The number of aryl methyl sites for hydroxylation is 1. The number of benzene rings is 1. The molecule has 44 heavy (non-hydrogen) atoms. The van der Waals surface area contributed by atoms with Gasteiger partial charge in [-0.3, -0.25) is 19.2 Å². The molecule has 1 aromatic heterocycles. The maximum absolute atomic E-state index is 13.5. The summed E-state index contributed by atoms with van der Waals surface area (Å²) in [5.41, 5.74) is 0.00231. The molecule has 1 aromatic carbocycles. The van der Waals surface area contributed by atoms with Gasteiger partial charge in [-0.05, 0) is 56.2 Å². The van der Waals surface area contributed by atoms with Crippen LogP contribution in [0.2, 0.25) is 0 Å². The summed E-state index contributed by atoms with van der Waals surface area (Å²) in [4.78, 5) is 54.2. The zero-order chi connectivity index (χ0) is 31.5. The summed E-state index contributed by atoms with van der Waals surface area (Å²) in [5.74, 6) is 0.516. The fourth-order valence-corrected chi connectivity index (χ4v) is 5.49. The van der Waals surface area contributed by atoms with Crippen molar-refractivity contribution in [2.45, 2.75) is 65.2 Å². The van der Waals surface area contributed by atoms with Gasteiger partial charge in [-0.15, -0.1) is 0 Å². The normalized spacial score (nSPS) is 20.4. The molecule has 2 aliphatic rings. The first-order chi connectivity index (χ1) is 21.3. The van der Waals surface area contributed by atoms with Crippen molar-refractivity contribution in [2.24, 2.45) is 11.3 Å². The minimum atomic E-state index is -0.980. The van der Waals surface area contributed by atoms with Crippen LogP contribution in [0.5, 0.6) is 11.5 Å². The summed E-state index contributed by atoms with van der Waals surface area (Å²) >= 11 is 0. The number of amides is 3. The van der Waals surface area contributed by atoms with Crippen molar-refractivity contribution in [1.29, 1.82) is 0 Å². The van der Waals surface area contributed by atoms with Crippen molar-refractivity contribution in [3.63, 3.8) is 0 Å². The fraction of sp³-hybridized carbons (Fsp3) is 0.594. The van der Waals surface area contributed by atoms with Gasteiger partial charge in [0, 0.05) is 45.1 Å². The van der Waals surface area contributed by atoms with Crippen LogP contribution >= 0.6 is 0 Å². The number of nitrogens with one attached hydrogen (secondary N) is 2. The SMILES string of the molecule is CCCc1cc(C(=O)N2CCCC(=O)NCC(CC3CC3)(C(=O)OCC)Cc3ccc(OC)c(c3)OCC(=O)NCC2)no1. The number of aromatic nitrogens is 1. The molecule has 12 nitrogen and oxygen atoms in total. The van der Waals surface area contributed by atoms with Gasteiger partial charge in [0.2, 0.25) is 5.91 Å². The molecule has 1 atom stereocenters. The number of fused-ring (bicyclic) bond motifs is 2. The number of hydrogen-bond acceptors (Lipinski definition) is 9. The van der Waals surface area contributed by atoms with E-state index < -0.39 is 5.41 Å². The molecule has 3 amide bonds. The van der Waals surface area contributed by atoms with E-state index in [0.29, 0.717) is 48.9 Å². The van der Waals surface area contributed by atoms with E-state index in [2.05, 4.69) is 15.8 Å². The summed E-state index contributed by atoms with van der Waals surface area (Å²) in [6.45, 7) is 4.50. The summed E-state index contributed by atoms with van der Waals surface area (Å²) in [5, 5.41) is 9.72. The Hall–Kier alpha value is -4.09. The Morgan fingerprint density at radius 2 is 1.93 bits per heavy atom. The van der Waals surface area contributed by atoms with Crippen LogP contribution in [0.3, 0.4) is 0 Å². The molecule has 2 aromatic rings. The predicted molar refractivity (Wildman–Crippen MR) is 160 cm³/mol. The lowest BCUT2D eigenvalue weighted by molar-refractivity contribution is -0.156. The molecule has 0 saturated heterocycles. The summed E-state index contributed by atoms with van der Waals surface area (Å²) in [6.07, 6.45) is 4.99. The third-order valence-corrected chi connectivity index (χ3v) is 7.94. The molecule has 0 radical (unpaired) electrons. The smallest absolute Gasteiger partial charge is 0.314 e. The molecule has 1 aliphatic carbocycles. The monoisotopic (exact) mass is 612 g/mol. The highest BCUT2D eigenvalue weighted by Gasteiger charge is 2.44. The van der Waals surface area contributed by atoms with E-state index >= 15 is 0 Å². The molecule has 12 heteroatoms. The third-order valence-electron chi connectivity index (χ3n) is 7.94. The molecule has 1 fully saturated rings. The maximum atomic E-state index is 13.5. The highest BCUT2D eigenvalue weighted by molar-refractivity contribution is 5.92. The topological polar surface area (TPSA) is 149 Å². The van der Waals surface area contributed by atoms with Gasteiger partial charge in [-0.25, -0.2) is 0 Å². The van der Waals surface area contributed by atoms with Gasteiger partial charge in [-0.1, -0.05) is 31.0 Å². The van der Waals surface area contributed by atoms with E-state index in [1.807, 2.05) is 13.0 Å². The van der Waals surface area contributed by atoms with Gasteiger partial charge in [0.05, 0.1) is 19.1 Å². The molecular formula is C32H44N4O8. The number of nitrogens with zero attached hydrogens (tertiary/aromatic N) is 2. The zero-order valence-electron chi connectivity index (χ0n) is 25.9. The second-order valence-electron chi connectivity index (χ2n) is 11.5. The molecule has 1 unspecified atom stereocenters.